The second kappa shape index (κ2) is 6.98. The largest absolute Gasteiger partial charge is 0.504 e. The number of carbonyl (C=O) groups excluding carboxylic acids is 1. The molecule has 0 radical (unpaired) electrons. The summed E-state index contributed by atoms with van der Waals surface area (Å²) < 4.78 is 21.3. The van der Waals surface area contributed by atoms with Crippen molar-refractivity contribution in [2.75, 3.05) is 0 Å². The predicted molar refractivity (Wildman–Crippen MR) is 102 cm³/mol. The first-order chi connectivity index (χ1) is 14.8. The van der Waals surface area contributed by atoms with Crippen LogP contribution in [0.15, 0.2) is 51.7 Å². The Morgan fingerprint density at radius 1 is 0.935 bits per heavy atom. The average molecular weight is 428 g/mol. The van der Waals surface area contributed by atoms with Crippen LogP contribution in [0.1, 0.15) is 0 Å². The molecule has 0 unspecified atom stereocenters. The van der Waals surface area contributed by atoms with Crippen LogP contribution in [0, 0.1) is 0 Å². The zero-order valence-corrected chi connectivity index (χ0v) is 15.7. The summed E-state index contributed by atoms with van der Waals surface area (Å²) in [5.74, 6) is -2.56. The van der Waals surface area contributed by atoms with Gasteiger partial charge in [0.05, 0.1) is 0 Å². The number of phenols is 2. The molecular weight excluding hydrogens is 412 g/mol. The Labute approximate surface area is 173 Å². The van der Waals surface area contributed by atoms with Gasteiger partial charge >= 0.3 is 5.97 Å². The average Bonchev–Trinajstić information content (AvgIpc) is 2.96. The number of fused-ring (bicyclic) bond motifs is 3. The van der Waals surface area contributed by atoms with Crippen LogP contribution in [0.2, 0.25) is 0 Å². The Balaban J connectivity index is 1.56. The fourth-order valence-electron chi connectivity index (χ4n) is 3.70. The molecule has 31 heavy (non-hydrogen) atoms. The van der Waals surface area contributed by atoms with Crippen molar-refractivity contribution in [3.8, 4) is 28.6 Å². The van der Waals surface area contributed by atoms with Crippen LogP contribution >= 0.6 is 0 Å². The molecule has 3 heterocycles. The summed E-state index contributed by atoms with van der Waals surface area (Å²) in [6, 6.07) is 11.1. The highest BCUT2D eigenvalue weighted by atomic mass is 16.7. The molecule has 0 aliphatic carbocycles. The molecule has 2 bridgehead atoms. The van der Waals surface area contributed by atoms with E-state index in [9.17, 15) is 30.0 Å². The maximum Gasteiger partial charge on any atom is 0.338 e. The van der Waals surface area contributed by atoms with Gasteiger partial charge in [-0.2, -0.15) is 0 Å². The molecule has 160 valence electrons. The number of ether oxygens (including phenoxy) is 3. The maximum absolute atomic E-state index is 12.5. The highest BCUT2D eigenvalue weighted by Gasteiger charge is 2.57. The van der Waals surface area contributed by atoms with Gasteiger partial charge in [-0.15, -0.1) is 0 Å². The van der Waals surface area contributed by atoms with Gasteiger partial charge in [0.1, 0.15) is 22.8 Å². The molecule has 1 aromatic heterocycles. The van der Waals surface area contributed by atoms with E-state index in [1.807, 2.05) is 0 Å². The lowest BCUT2D eigenvalue weighted by atomic mass is 10.0. The Morgan fingerprint density at radius 3 is 2.42 bits per heavy atom. The van der Waals surface area contributed by atoms with Crippen molar-refractivity contribution in [2.45, 2.75) is 30.7 Å². The molecule has 0 amide bonds. The van der Waals surface area contributed by atoms with Crippen molar-refractivity contribution >= 4 is 16.9 Å². The minimum Gasteiger partial charge on any atom is -0.504 e. The molecule has 5 rings (SSSR count). The fraction of sp³-hybridized carbons (Fsp3) is 0.238. The lowest BCUT2D eigenvalue weighted by molar-refractivity contribution is -0.231. The summed E-state index contributed by atoms with van der Waals surface area (Å²) in [5.41, 5.74) is -0.0605. The number of hydrogen-bond acceptors (Lipinski definition) is 10. The third kappa shape index (κ3) is 3.00. The van der Waals surface area contributed by atoms with Crippen molar-refractivity contribution in [1.29, 1.82) is 0 Å². The minimum atomic E-state index is -1.57. The van der Waals surface area contributed by atoms with Crippen molar-refractivity contribution < 1.29 is 43.8 Å². The second-order valence-corrected chi connectivity index (χ2v) is 7.21. The van der Waals surface area contributed by atoms with E-state index >= 15 is 0 Å². The van der Waals surface area contributed by atoms with E-state index in [4.69, 9.17) is 18.6 Å². The Bertz CT molecular complexity index is 1230. The van der Waals surface area contributed by atoms with E-state index in [2.05, 4.69) is 0 Å². The number of carbonyl (C=O) groups is 1. The molecule has 5 atom stereocenters. The van der Waals surface area contributed by atoms with Crippen LogP contribution in [0.3, 0.4) is 0 Å². The molecule has 2 aromatic carbocycles. The molecule has 2 aliphatic heterocycles. The molecule has 2 aliphatic rings. The zero-order valence-electron chi connectivity index (χ0n) is 15.7. The van der Waals surface area contributed by atoms with E-state index in [1.54, 1.807) is 30.3 Å². The van der Waals surface area contributed by atoms with Crippen LogP contribution in [-0.2, 0) is 14.3 Å². The zero-order chi connectivity index (χ0) is 21.9. The number of esters is 1. The Hall–Kier alpha value is -3.60. The van der Waals surface area contributed by atoms with Crippen molar-refractivity contribution in [3.05, 3.63) is 52.7 Å². The molecule has 0 saturated carbocycles. The van der Waals surface area contributed by atoms with Gasteiger partial charge in [0.2, 0.25) is 12.0 Å². The van der Waals surface area contributed by atoms with Gasteiger partial charge in [0, 0.05) is 17.7 Å². The van der Waals surface area contributed by atoms with Crippen LogP contribution in [-0.4, -0.2) is 57.1 Å². The summed E-state index contributed by atoms with van der Waals surface area (Å²) in [7, 11) is 0. The first-order valence-corrected chi connectivity index (χ1v) is 9.32. The number of phenolic OH excluding ortho intramolecular Hbond substituents is 2. The number of aromatic hydroxyl groups is 2. The van der Waals surface area contributed by atoms with E-state index in [0.29, 0.717) is 5.56 Å². The fourth-order valence-corrected chi connectivity index (χ4v) is 3.70. The summed E-state index contributed by atoms with van der Waals surface area (Å²) in [4.78, 5) is 24.2. The molecule has 10 nitrogen and oxygen atoms in total. The van der Waals surface area contributed by atoms with E-state index in [1.165, 1.54) is 6.07 Å². The van der Waals surface area contributed by atoms with E-state index < -0.39 is 53.6 Å². The molecule has 4 N–H and O–H groups in total. The molecule has 0 spiro atoms. The minimum absolute atomic E-state index is 0.0858. The van der Waals surface area contributed by atoms with Crippen LogP contribution < -0.4 is 10.2 Å². The number of aliphatic hydroxyl groups excluding tert-OH is 2. The number of aliphatic hydroxyl groups is 2. The van der Waals surface area contributed by atoms with Crippen LogP contribution in [0.5, 0.6) is 17.2 Å². The normalized spacial score (nSPS) is 27.3. The van der Waals surface area contributed by atoms with Gasteiger partial charge in [-0.1, -0.05) is 30.3 Å². The molecule has 2 saturated heterocycles. The lowest BCUT2D eigenvalue weighted by Crippen LogP contribution is -2.55. The number of benzene rings is 2. The number of hydrogen-bond donors (Lipinski definition) is 4. The third-order valence-electron chi connectivity index (χ3n) is 5.26. The monoisotopic (exact) mass is 428 g/mol. The van der Waals surface area contributed by atoms with Crippen LogP contribution in [0.25, 0.3) is 22.3 Å². The highest BCUT2D eigenvalue weighted by molar-refractivity contribution is 5.89. The van der Waals surface area contributed by atoms with Gasteiger partial charge in [0.15, 0.2) is 35.2 Å². The Kier molecular flexibility index (Phi) is 4.36. The summed E-state index contributed by atoms with van der Waals surface area (Å²) in [5, 5.41) is 40.7. The smallest absolute Gasteiger partial charge is 0.338 e. The third-order valence-corrected chi connectivity index (χ3v) is 5.26. The van der Waals surface area contributed by atoms with Gasteiger partial charge in [0.25, 0.3) is 0 Å². The summed E-state index contributed by atoms with van der Waals surface area (Å²) in [6.07, 6.45) is -7.08. The molecule has 3 aromatic rings. The van der Waals surface area contributed by atoms with Crippen molar-refractivity contribution in [1.82, 2.24) is 0 Å². The van der Waals surface area contributed by atoms with Gasteiger partial charge in [-0.3, -0.25) is 4.79 Å². The predicted octanol–water partition coefficient (Wildman–Crippen LogP) is 0.622. The standard InChI is InChI=1S/C21H16O10/c22-9-6-10(8-4-2-1-3-5-8)28-11-7-12(14(23)15(24)13(9)11)29-21-17(26)18-16(25)19(31-21)20(27)30-18/h1-7,16-19,21,23-26H/t16-,17-,18+,19+,21-/m1/s1. The van der Waals surface area contributed by atoms with E-state index in [-0.39, 0.29) is 22.5 Å². The van der Waals surface area contributed by atoms with Crippen molar-refractivity contribution in [2.24, 2.45) is 0 Å². The molecular formula is C21H16O10. The SMILES string of the molecule is O=C1O[C@H]2[C@@H](O)[C@@H]1O[C@@H](Oc1cc3oc(-c4ccccc4)cc(=O)c3c(O)c1O)[C@@H]2O. The lowest BCUT2D eigenvalue weighted by Gasteiger charge is -2.33. The van der Waals surface area contributed by atoms with Gasteiger partial charge < -0.3 is 39.1 Å². The maximum atomic E-state index is 12.5. The first-order valence-electron chi connectivity index (χ1n) is 9.32. The topological polar surface area (TPSA) is 156 Å². The summed E-state index contributed by atoms with van der Waals surface area (Å²) in [6.45, 7) is 0. The van der Waals surface area contributed by atoms with E-state index in [0.717, 1.165) is 6.07 Å². The van der Waals surface area contributed by atoms with Gasteiger partial charge in [-0.25, -0.2) is 4.79 Å². The molecule has 2 fully saturated rings. The van der Waals surface area contributed by atoms with Gasteiger partial charge in [-0.05, 0) is 0 Å². The second-order valence-electron chi connectivity index (χ2n) is 7.21. The Morgan fingerprint density at radius 2 is 1.68 bits per heavy atom. The quantitative estimate of drug-likeness (QED) is 0.344. The van der Waals surface area contributed by atoms with Crippen LogP contribution in [0.4, 0.5) is 0 Å². The molecule has 10 heteroatoms. The first kappa shape index (κ1) is 19.4. The number of rotatable bonds is 3. The highest BCUT2D eigenvalue weighted by Crippen LogP contribution is 2.43. The summed E-state index contributed by atoms with van der Waals surface area (Å²) >= 11 is 0. The van der Waals surface area contributed by atoms with Crippen molar-refractivity contribution in [3.63, 3.8) is 0 Å².